The molecule has 3 aliphatic rings. The topological polar surface area (TPSA) is 56.8 Å². The Kier molecular flexibility index (Phi) is 5.71. The van der Waals surface area contributed by atoms with E-state index in [1.807, 2.05) is 0 Å². The van der Waals surface area contributed by atoms with Crippen molar-refractivity contribution in [1.29, 1.82) is 0 Å². The first-order valence-corrected chi connectivity index (χ1v) is 12.0. The number of likely N-dealkylation sites (tertiary alicyclic amines) is 1. The molecule has 0 amide bonds. The lowest BCUT2D eigenvalue weighted by Crippen LogP contribution is -2.46. The fourth-order valence-electron chi connectivity index (χ4n) is 4.97. The van der Waals surface area contributed by atoms with E-state index in [-0.39, 0.29) is 0 Å². The van der Waals surface area contributed by atoms with Crippen LogP contribution in [0.25, 0.3) is 0 Å². The second-order valence-electron chi connectivity index (χ2n) is 8.24. The quantitative estimate of drug-likeness (QED) is 0.789. The number of rotatable bonds is 4. The smallest absolute Gasteiger partial charge is 0.246 e. The van der Waals surface area contributed by atoms with Crippen LogP contribution in [0.5, 0.6) is 0 Å². The summed E-state index contributed by atoms with van der Waals surface area (Å²) in [6, 6.07) is 4.80. The summed E-state index contributed by atoms with van der Waals surface area (Å²) in [5, 5.41) is 0. The van der Waals surface area contributed by atoms with Crippen molar-refractivity contribution in [2.75, 3.05) is 37.6 Å². The van der Waals surface area contributed by atoms with E-state index in [2.05, 4.69) is 21.7 Å². The van der Waals surface area contributed by atoms with E-state index < -0.39 is 10.0 Å². The van der Waals surface area contributed by atoms with Crippen LogP contribution in [-0.2, 0) is 10.0 Å². The van der Waals surface area contributed by atoms with Gasteiger partial charge in [-0.25, -0.2) is 13.4 Å². The van der Waals surface area contributed by atoms with E-state index in [9.17, 15) is 8.42 Å². The number of anilines is 1. The number of aromatic nitrogens is 1. The predicted molar refractivity (Wildman–Crippen MR) is 107 cm³/mol. The van der Waals surface area contributed by atoms with E-state index >= 15 is 0 Å². The van der Waals surface area contributed by atoms with E-state index in [0.29, 0.717) is 35.9 Å². The van der Waals surface area contributed by atoms with Gasteiger partial charge in [0.2, 0.25) is 10.0 Å². The van der Waals surface area contributed by atoms with Crippen LogP contribution in [0.4, 0.5) is 5.82 Å². The number of nitrogens with zero attached hydrogens (tertiary/aromatic N) is 4. The molecule has 3 saturated heterocycles. The molecule has 4 heterocycles. The van der Waals surface area contributed by atoms with E-state index in [1.165, 1.54) is 19.4 Å². The van der Waals surface area contributed by atoms with Crippen molar-refractivity contribution in [3.63, 3.8) is 0 Å². The Morgan fingerprint density at radius 3 is 2.37 bits per heavy atom. The maximum Gasteiger partial charge on any atom is 0.246 e. The monoisotopic (exact) mass is 392 g/mol. The van der Waals surface area contributed by atoms with Crippen LogP contribution in [0.1, 0.15) is 51.9 Å². The molecule has 3 fully saturated rings. The van der Waals surface area contributed by atoms with Crippen molar-refractivity contribution in [2.45, 2.75) is 68.8 Å². The predicted octanol–water partition coefficient (Wildman–Crippen LogP) is 2.71. The highest BCUT2D eigenvalue weighted by molar-refractivity contribution is 7.89. The molecule has 1 atom stereocenters. The number of hydrogen-bond acceptors (Lipinski definition) is 5. The van der Waals surface area contributed by atoms with Crippen LogP contribution in [0.2, 0.25) is 0 Å². The molecule has 3 aliphatic heterocycles. The second kappa shape index (κ2) is 8.05. The Balaban J connectivity index is 1.50. The van der Waals surface area contributed by atoms with Crippen LogP contribution in [0.3, 0.4) is 0 Å². The maximum absolute atomic E-state index is 13.2. The summed E-state index contributed by atoms with van der Waals surface area (Å²) >= 11 is 0. The minimum Gasteiger partial charge on any atom is -0.355 e. The summed E-state index contributed by atoms with van der Waals surface area (Å²) in [7, 11) is -3.46. The fourth-order valence-corrected chi connectivity index (χ4v) is 6.65. The van der Waals surface area contributed by atoms with E-state index in [4.69, 9.17) is 0 Å². The summed E-state index contributed by atoms with van der Waals surface area (Å²) < 4.78 is 28.1. The highest BCUT2D eigenvalue weighted by Crippen LogP contribution is 2.31. The minimum absolute atomic E-state index is 0.389. The summed E-state index contributed by atoms with van der Waals surface area (Å²) in [6.45, 7) is 6.57. The standard InChI is InChI=1S/C20H32N4O2S/c1-17-7-6-14-24(17)18-9-15-22(16-10-18)20-19(8-5-11-21-20)27(25,26)23-12-3-2-4-13-23/h5,8,11,17-18H,2-4,6-7,9-10,12-16H2,1H3. The van der Waals surface area contributed by atoms with Gasteiger partial charge in [-0.05, 0) is 64.1 Å². The number of sulfonamides is 1. The molecule has 1 aromatic heterocycles. The highest BCUT2D eigenvalue weighted by atomic mass is 32.2. The van der Waals surface area contributed by atoms with Crippen molar-refractivity contribution >= 4 is 15.8 Å². The van der Waals surface area contributed by atoms with Crippen LogP contribution in [-0.4, -0.2) is 67.4 Å². The SMILES string of the molecule is CC1CCCN1C1CCN(c2ncccc2S(=O)(=O)N2CCCCC2)CC1. The van der Waals surface area contributed by atoms with Gasteiger partial charge < -0.3 is 4.90 Å². The molecule has 0 aliphatic carbocycles. The molecule has 0 bridgehead atoms. The van der Waals surface area contributed by atoms with Gasteiger partial charge in [0.15, 0.2) is 0 Å². The zero-order valence-electron chi connectivity index (χ0n) is 16.4. The lowest BCUT2D eigenvalue weighted by molar-refractivity contribution is 0.163. The van der Waals surface area contributed by atoms with Crippen LogP contribution < -0.4 is 4.90 Å². The number of hydrogen-bond donors (Lipinski definition) is 0. The average molecular weight is 393 g/mol. The Bertz CT molecular complexity index is 740. The van der Waals surface area contributed by atoms with Gasteiger partial charge in [-0.1, -0.05) is 6.42 Å². The summed E-state index contributed by atoms with van der Waals surface area (Å²) in [5.41, 5.74) is 0. The minimum atomic E-state index is -3.46. The first-order chi connectivity index (χ1) is 13.1. The molecule has 7 heteroatoms. The molecule has 0 aromatic carbocycles. The second-order valence-corrected chi connectivity index (χ2v) is 10.1. The van der Waals surface area contributed by atoms with Gasteiger partial charge in [-0.15, -0.1) is 0 Å². The van der Waals surface area contributed by atoms with Gasteiger partial charge >= 0.3 is 0 Å². The van der Waals surface area contributed by atoms with Crippen molar-refractivity contribution in [3.05, 3.63) is 18.3 Å². The summed E-state index contributed by atoms with van der Waals surface area (Å²) in [5.74, 6) is 0.649. The largest absolute Gasteiger partial charge is 0.355 e. The van der Waals surface area contributed by atoms with Gasteiger partial charge in [-0.3, -0.25) is 4.90 Å². The lowest BCUT2D eigenvalue weighted by atomic mass is 10.0. The number of pyridine rings is 1. The van der Waals surface area contributed by atoms with Gasteiger partial charge in [0.05, 0.1) is 0 Å². The molecule has 1 aromatic rings. The van der Waals surface area contributed by atoms with Crippen molar-refractivity contribution < 1.29 is 8.42 Å². The van der Waals surface area contributed by atoms with Gasteiger partial charge in [0.25, 0.3) is 0 Å². The number of piperidine rings is 2. The first-order valence-electron chi connectivity index (χ1n) is 10.5. The van der Waals surface area contributed by atoms with Crippen molar-refractivity contribution in [1.82, 2.24) is 14.2 Å². The average Bonchev–Trinajstić information content (AvgIpc) is 3.15. The molecule has 150 valence electrons. The Labute approximate surface area is 163 Å². The third kappa shape index (κ3) is 3.87. The Morgan fingerprint density at radius 1 is 0.963 bits per heavy atom. The summed E-state index contributed by atoms with van der Waals surface area (Å²) in [6.07, 6.45) is 9.53. The van der Waals surface area contributed by atoms with E-state index in [0.717, 1.165) is 45.2 Å². The molecule has 0 radical (unpaired) electrons. The molecular weight excluding hydrogens is 360 g/mol. The van der Waals surface area contributed by atoms with Crippen LogP contribution in [0.15, 0.2) is 23.2 Å². The Hall–Kier alpha value is -1.18. The maximum atomic E-state index is 13.2. The molecule has 0 N–H and O–H groups in total. The third-order valence-electron chi connectivity index (χ3n) is 6.52. The Morgan fingerprint density at radius 2 is 1.70 bits per heavy atom. The van der Waals surface area contributed by atoms with Crippen molar-refractivity contribution in [3.8, 4) is 0 Å². The molecule has 27 heavy (non-hydrogen) atoms. The zero-order chi connectivity index (χ0) is 18.9. The third-order valence-corrected chi connectivity index (χ3v) is 8.44. The molecular formula is C20H32N4O2S. The molecule has 4 rings (SSSR count). The molecule has 1 unspecified atom stereocenters. The zero-order valence-corrected chi connectivity index (χ0v) is 17.2. The lowest BCUT2D eigenvalue weighted by Gasteiger charge is -2.39. The van der Waals surface area contributed by atoms with Gasteiger partial charge in [-0.2, -0.15) is 4.31 Å². The van der Waals surface area contributed by atoms with E-state index in [1.54, 1.807) is 22.6 Å². The summed E-state index contributed by atoms with van der Waals surface area (Å²) in [4.78, 5) is 9.74. The van der Waals surface area contributed by atoms with Crippen molar-refractivity contribution in [2.24, 2.45) is 0 Å². The van der Waals surface area contributed by atoms with Crippen LogP contribution >= 0.6 is 0 Å². The normalized spacial score (nSPS) is 26.6. The molecule has 6 nitrogen and oxygen atoms in total. The highest BCUT2D eigenvalue weighted by Gasteiger charge is 2.34. The van der Waals surface area contributed by atoms with Crippen LogP contribution in [0, 0.1) is 0 Å². The molecule has 0 saturated carbocycles. The van der Waals surface area contributed by atoms with Gasteiger partial charge in [0, 0.05) is 44.5 Å². The molecule has 0 spiro atoms. The van der Waals surface area contributed by atoms with Gasteiger partial charge in [0.1, 0.15) is 10.7 Å². The fraction of sp³-hybridized carbons (Fsp3) is 0.750. The first kappa shape index (κ1) is 19.2.